The van der Waals surface area contributed by atoms with E-state index >= 15 is 0 Å². The molecule has 0 aliphatic carbocycles. The van der Waals surface area contributed by atoms with E-state index in [0.717, 1.165) is 62.6 Å². The first kappa shape index (κ1) is 25.0. The number of carbonyl (C=O) groups is 1. The molecule has 1 amide bonds. The Hall–Kier alpha value is -3.07. The maximum Gasteiger partial charge on any atom is 0.252 e. The van der Waals surface area contributed by atoms with Crippen molar-refractivity contribution in [1.29, 1.82) is 0 Å². The van der Waals surface area contributed by atoms with E-state index in [4.69, 9.17) is 9.72 Å². The number of rotatable bonds is 9. The lowest BCUT2D eigenvalue weighted by atomic mass is 10.2. The number of unbranched alkanes of at least 4 members (excludes halogenated alkanes) is 2. The number of hydrogen-bond acceptors (Lipinski definition) is 7. The lowest BCUT2D eigenvalue weighted by Gasteiger charge is -2.37. The van der Waals surface area contributed by atoms with Crippen LogP contribution in [0.3, 0.4) is 0 Å². The molecule has 0 saturated carbocycles. The highest BCUT2D eigenvalue weighted by Crippen LogP contribution is 2.28. The largest absolute Gasteiger partial charge is 0.495 e. The van der Waals surface area contributed by atoms with Crippen molar-refractivity contribution in [2.75, 3.05) is 69.3 Å². The lowest BCUT2D eigenvalue weighted by Crippen LogP contribution is -2.49. The van der Waals surface area contributed by atoms with Crippen molar-refractivity contribution in [3.63, 3.8) is 0 Å². The summed E-state index contributed by atoms with van der Waals surface area (Å²) in [6, 6.07) is 9.71. The molecule has 9 heteroatoms. The topological polar surface area (TPSA) is 85.0 Å². The summed E-state index contributed by atoms with van der Waals surface area (Å²) in [5.74, 6) is 1.74. The zero-order valence-corrected chi connectivity index (χ0v) is 21.0. The van der Waals surface area contributed by atoms with Crippen LogP contribution in [0, 0.1) is 0 Å². The van der Waals surface area contributed by atoms with Crippen molar-refractivity contribution in [3.05, 3.63) is 46.4 Å². The minimum atomic E-state index is -0.129. The van der Waals surface area contributed by atoms with E-state index in [1.54, 1.807) is 13.2 Å². The third-order valence-electron chi connectivity index (χ3n) is 6.89. The number of aromatic amines is 1. The number of anilines is 2. The number of nitrogens with zero attached hydrogens (tertiary/aromatic N) is 5. The summed E-state index contributed by atoms with van der Waals surface area (Å²) in [4.78, 5) is 41.2. The van der Waals surface area contributed by atoms with E-state index in [0.29, 0.717) is 45.1 Å². The zero-order chi connectivity index (χ0) is 24.6. The SMILES string of the molecule is CCCCCC(=O)N1CCN(c2nc(CN3CCN(c4ccccc4OC)CC3)cc(=O)[nH]2)CC1. The number of ether oxygens (including phenoxy) is 1. The molecule has 2 fully saturated rings. The Morgan fingerprint density at radius 2 is 1.71 bits per heavy atom. The van der Waals surface area contributed by atoms with Gasteiger partial charge in [0, 0.05) is 71.4 Å². The summed E-state index contributed by atoms with van der Waals surface area (Å²) in [6.07, 6.45) is 3.80. The van der Waals surface area contributed by atoms with E-state index in [1.165, 1.54) is 0 Å². The molecular formula is C26H38N6O3. The molecule has 0 bridgehead atoms. The van der Waals surface area contributed by atoms with Crippen LogP contribution in [0.15, 0.2) is 35.1 Å². The average molecular weight is 483 g/mol. The zero-order valence-electron chi connectivity index (χ0n) is 21.0. The molecule has 0 spiro atoms. The number of nitrogens with one attached hydrogen (secondary N) is 1. The molecule has 2 aliphatic heterocycles. The van der Waals surface area contributed by atoms with Gasteiger partial charge in [0.2, 0.25) is 11.9 Å². The quantitative estimate of drug-likeness (QED) is 0.549. The van der Waals surface area contributed by atoms with Crippen LogP contribution in [0.4, 0.5) is 11.6 Å². The molecule has 0 unspecified atom stereocenters. The second-order valence-corrected chi connectivity index (χ2v) is 9.32. The van der Waals surface area contributed by atoms with Gasteiger partial charge in [0.1, 0.15) is 5.75 Å². The summed E-state index contributed by atoms with van der Waals surface area (Å²) >= 11 is 0. The van der Waals surface area contributed by atoms with Gasteiger partial charge in [0.25, 0.3) is 5.56 Å². The highest BCUT2D eigenvalue weighted by Gasteiger charge is 2.24. The third kappa shape index (κ3) is 6.54. The molecule has 2 saturated heterocycles. The van der Waals surface area contributed by atoms with Gasteiger partial charge in [-0.05, 0) is 18.6 Å². The molecule has 1 aromatic carbocycles. The number of methoxy groups -OCH3 is 1. The van der Waals surface area contributed by atoms with E-state index in [2.05, 4.69) is 32.7 Å². The van der Waals surface area contributed by atoms with Crippen LogP contribution in [0.5, 0.6) is 5.75 Å². The molecule has 1 N–H and O–H groups in total. The first-order valence-corrected chi connectivity index (χ1v) is 12.8. The Morgan fingerprint density at radius 3 is 2.43 bits per heavy atom. The molecule has 4 rings (SSSR count). The number of hydrogen-bond donors (Lipinski definition) is 1. The standard InChI is InChI=1S/C26H38N6O3/c1-3-4-5-10-25(34)31-15-17-32(18-16-31)26-27-21(19-24(33)28-26)20-29-11-13-30(14-12-29)22-8-6-7-9-23(22)35-2/h6-9,19H,3-5,10-18,20H2,1-2H3,(H,27,28,33). The lowest BCUT2D eigenvalue weighted by molar-refractivity contribution is -0.131. The van der Waals surface area contributed by atoms with E-state index in [-0.39, 0.29) is 11.5 Å². The van der Waals surface area contributed by atoms with Gasteiger partial charge < -0.3 is 19.4 Å². The molecule has 190 valence electrons. The number of carbonyl (C=O) groups excluding carboxylic acids is 1. The Labute approximate surface area is 207 Å². The summed E-state index contributed by atoms with van der Waals surface area (Å²) in [7, 11) is 1.70. The van der Waals surface area contributed by atoms with Crippen molar-refractivity contribution in [1.82, 2.24) is 19.8 Å². The van der Waals surface area contributed by atoms with Crippen LogP contribution in [-0.4, -0.2) is 85.1 Å². The van der Waals surface area contributed by atoms with Crippen molar-refractivity contribution in [2.24, 2.45) is 0 Å². The van der Waals surface area contributed by atoms with Crippen LogP contribution < -0.4 is 20.1 Å². The second kappa shape index (κ2) is 12.1. The van der Waals surface area contributed by atoms with Gasteiger partial charge in [-0.25, -0.2) is 4.98 Å². The predicted molar refractivity (Wildman–Crippen MR) is 138 cm³/mol. The molecule has 2 aliphatic rings. The van der Waals surface area contributed by atoms with Crippen molar-refractivity contribution < 1.29 is 9.53 Å². The van der Waals surface area contributed by atoms with Crippen molar-refractivity contribution in [3.8, 4) is 5.75 Å². The maximum atomic E-state index is 12.4. The number of para-hydroxylation sites is 2. The number of H-pyrrole nitrogens is 1. The van der Waals surface area contributed by atoms with Crippen LogP contribution in [0.1, 0.15) is 38.3 Å². The smallest absolute Gasteiger partial charge is 0.252 e. The number of amides is 1. The van der Waals surface area contributed by atoms with Crippen LogP contribution in [0.25, 0.3) is 0 Å². The van der Waals surface area contributed by atoms with Crippen LogP contribution in [-0.2, 0) is 11.3 Å². The fourth-order valence-electron chi connectivity index (χ4n) is 4.84. The Kier molecular flexibility index (Phi) is 8.63. The normalized spacial score (nSPS) is 17.0. The Bertz CT molecular complexity index is 1030. The second-order valence-electron chi connectivity index (χ2n) is 9.32. The molecule has 9 nitrogen and oxygen atoms in total. The van der Waals surface area contributed by atoms with Gasteiger partial charge in [-0.15, -0.1) is 0 Å². The fraction of sp³-hybridized carbons (Fsp3) is 0.577. The molecule has 35 heavy (non-hydrogen) atoms. The Balaban J connectivity index is 1.31. The average Bonchev–Trinajstić information content (AvgIpc) is 2.89. The summed E-state index contributed by atoms with van der Waals surface area (Å²) in [5, 5.41) is 0. The molecule has 0 radical (unpaired) electrons. The van der Waals surface area contributed by atoms with Crippen LogP contribution >= 0.6 is 0 Å². The highest BCUT2D eigenvalue weighted by atomic mass is 16.5. The molecule has 2 aromatic rings. The number of aromatic nitrogens is 2. The number of benzene rings is 1. The van der Waals surface area contributed by atoms with E-state index in [9.17, 15) is 9.59 Å². The molecule has 0 atom stereocenters. The third-order valence-corrected chi connectivity index (χ3v) is 6.89. The van der Waals surface area contributed by atoms with Gasteiger partial charge in [-0.2, -0.15) is 0 Å². The van der Waals surface area contributed by atoms with Crippen LogP contribution in [0.2, 0.25) is 0 Å². The monoisotopic (exact) mass is 482 g/mol. The highest BCUT2D eigenvalue weighted by molar-refractivity contribution is 5.76. The summed E-state index contributed by atoms with van der Waals surface area (Å²) in [6.45, 7) is 9.07. The predicted octanol–water partition coefficient (Wildman–Crippen LogP) is 2.33. The maximum absolute atomic E-state index is 12.4. The van der Waals surface area contributed by atoms with E-state index in [1.807, 2.05) is 23.1 Å². The molecule has 1 aromatic heterocycles. The van der Waals surface area contributed by atoms with E-state index < -0.39 is 0 Å². The summed E-state index contributed by atoms with van der Waals surface area (Å²) in [5.41, 5.74) is 1.78. The first-order chi connectivity index (χ1) is 17.1. The van der Waals surface area contributed by atoms with Crippen molar-refractivity contribution >= 4 is 17.5 Å². The van der Waals surface area contributed by atoms with Gasteiger partial charge in [0.05, 0.1) is 18.5 Å². The van der Waals surface area contributed by atoms with Gasteiger partial charge in [-0.3, -0.25) is 19.5 Å². The summed E-state index contributed by atoms with van der Waals surface area (Å²) < 4.78 is 5.52. The van der Waals surface area contributed by atoms with Gasteiger partial charge in [-0.1, -0.05) is 31.9 Å². The van der Waals surface area contributed by atoms with Crippen molar-refractivity contribution in [2.45, 2.75) is 39.2 Å². The molecular weight excluding hydrogens is 444 g/mol. The minimum absolute atomic E-state index is 0.129. The number of piperazine rings is 2. The van der Waals surface area contributed by atoms with Gasteiger partial charge >= 0.3 is 0 Å². The van der Waals surface area contributed by atoms with Gasteiger partial charge in [0.15, 0.2) is 0 Å². The molecule has 3 heterocycles. The fourth-order valence-corrected chi connectivity index (χ4v) is 4.84. The first-order valence-electron chi connectivity index (χ1n) is 12.8. The Morgan fingerprint density at radius 1 is 1.00 bits per heavy atom. The minimum Gasteiger partial charge on any atom is -0.495 e.